The van der Waals surface area contributed by atoms with Gasteiger partial charge in [-0.15, -0.1) is 0 Å². The predicted octanol–water partition coefficient (Wildman–Crippen LogP) is 2.61. The van der Waals surface area contributed by atoms with Gasteiger partial charge in [0, 0.05) is 11.3 Å². The molecule has 100 valence electrons. The highest BCUT2D eigenvalue weighted by molar-refractivity contribution is 5.95. The van der Waals surface area contributed by atoms with Crippen LogP contribution in [0, 0.1) is 6.92 Å². The van der Waals surface area contributed by atoms with Crippen LogP contribution < -0.4 is 5.32 Å². The number of nitrogens with one attached hydrogen (secondary N) is 2. The average molecular weight is 267 g/mol. The standard InChI is InChI=1S/C14H13N5O/c1-8-12-13(19-18-8)14(16-7-15-12)17-11-5-3-4-10(6-11)9(2)20/h3-7H,1-2H3,(H,18,19)(H,15,16,17). The molecule has 20 heavy (non-hydrogen) atoms. The zero-order chi connectivity index (χ0) is 14.1. The summed E-state index contributed by atoms with van der Waals surface area (Å²) in [6.45, 7) is 3.45. The third-order valence-corrected chi connectivity index (χ3v) is 3.04. The van der Waals surface area contributed by atoms with Crippen molar-refractivity contribution in [3.05, 3.63) is 41.9 Å². The van der Waals surface area contributed by atoms with Crippen molar-refractivity contribution in [1.29, 1.82) is 0 Å². The monoisotopic (exact) mass is 267 g/mol. The number of rotatable bonds is 3. The largest absolute Gasteiger partial charge is 0.338 e. The lowest BCUT2D eigenvalue weighted by molar-refractivity contribution is 0.101. The minimum Gasteiger partial charge on any atom is -0.338 e. The molecule has 0 aliphatic carbocycles. The van der Waals surface area contributed by atoms with Crippen LogP contribution in [0.2, 0.25) is 0 Å². The second-order valence-corrected chi connectivity index (χ2v) is 4.53. The molecule has 0 unspecified atom stereocenters. The Bertz CT molecular complexity index is 793. The van der Waals surface area contributed by atoms with Crippen LogP contribution in [-0.4, -0.2) is 25.9 Å². The number of Topliss-reactive ketones (excluding diaryl/α,β-unsaturated/α-hetero) is 1. The lowest BCUT2D eigenvalue weighted by Gasteiger charge is -2.06. The summed E-state index contributed by atoms with van der Waals surface area (Å²) < 4.78 is 0. The number of hydrogen-bond donors (Lipinski definition) is 2. The summed E-state index contributed by atoms with van der Waals surface area (Å²) in [4.78, 5) is 19.8. The SMILES string of the molecule is CC(=O)c1cccc(Nc2ncnc3c(C)[nH]nc23)c1. The quantitative estimate of drug-likeness (QED) is 0.713. The number of aromatic amines is 1. The van der Waals surface area contributed by atoms with Gasteiger partial charge >= 0.3 is 0 Å². The molecule has 3 rings (SSSR count). The fourth-order valence-electron chi connectivity index (χ4n) is 2.00. The number of carbonyl (C=O) groups excluding carboxylic acids is 1. The molecule has 0 saturated heterocycles. The summed E-state index contributed by atoms with van der Waals surface area (Å²) in [5.41, 5.74) is 3.79. The number of aromatic nitrogens is 4. The molecule has 6 nitrogen and oxygen atoms in total. The van der Waals surface area contributed by atoms with E-state index in [1.807, 2.05) is 19.1 Å². The smallest absolute Gasteiger partial charge is 0.162 e. The first-order chi connectivity index (χ1) is 9.65. The third-order valence-electron chi connectivity index (χ3n) is 3.04. The van der Waals surface area contributed by atoms with E-state index in [4.69, 9.17) is 0 Å². The van der Waals surface area contributed by atoms with Gasteiger partial charge in [0.25, 0.3) is 0 Å². The van der Waals surface area contributed by atoms with Crippen molar-refractivity contribution in [3.8, 4) is 0 Å². The van der Waals surface area contributed by atoms with Crippen molar-refractivity contribution in [2.75, 3.05) is 5.32 Å². The molecular weight excluding hydrogens is 254 g/mol. The molecule has 0 saturated carbocycles. The molecule has 0 radical (unpaired) electrons. The molecule has 0 atom stereocenters. The van der Waals surface area contributed by atoms with Crippen LogP contribution >= 0.6 is 0 Å². The van der Waals surface area contributed by atoms with E-state index in [1.54, 1.807) is 19.1 Å². The Labute approximate surface area is 115 Å². The maximum absolute atomic E-state index is 11.4. The Morgan fingerprint density at radius 3 is 2.90 bits per heavy atom. The van der Waals surface area contributed by atoms with Gasteiger partial charge in [0.15, 0.2) is 17.1 Å². The van der Waals surface area contributed by atoms with Crippen LogP contribution in [0.3, 0.4) is 0 Å². The average Bonchev–Trinajstić information content (AvgIpc) is 2.82. The van der Waals surface area contributed by atoms with Crippen molar-refractivity contribution < 1.29 is 4.79 Å². The van der Waals surface area contributed by atoms with Crippen LogP contribution in [0.15, 0.2) is 30.6 Å². The number of aryl methyl sites for hydroxylation is 1. The summed E-state index contributed by atoms with van der Waals surface area (Å²) in [6.07, 6.45) is 1.49. The molecule has 2 heterocycles. The lowest BCUT2D eigenvalue weighted by atomic mass is 10.1. The van der Waals surface area contributed by atoms with E-state index in [0.717, 1.165) is 16.9 Å². The van der Waals surface area contributed by atoms with Crippen LogP contribution in [-0.2, 0) is 0 Å². The highest BCUT2D eigenvalue weighted by Crippen LogP contribution is 2.23. The van der Waals surface area contributed by atoms with Crippen molar-refractivity contribution >= 4 is 28.3 Å². The van der Waals surface area contributed by atoms with E-state index in [9.17, 15) is 4.79 Å². The number of ketones is 1. The van der Waals surface area contributed by atoms with Gasteiger partial charge in [-0.1, -0.05) is 12.1 Å². The molecule has 3 aromatic rings. The van der Waals surface area contributed by atoms with Crippen molar-refractivity contribution in [3.63, 3.8) is 0 Å². The van der Waals surface area contributed by atoms with E-state index < -0.39 is 0 Å². The van der Waals surface area contributed by atoms with Gasteiger partial charge in [-0.25, -0.2) is 9.97 Å². The van der Waals surface area contributed by atoms with E-state index in [0.29, 0.717) is 16.9 Å². The topological polar surface area (TPSA) is 83.6 Å². The fraction of sp³-hybridized carbons (Fsp3) is 0.143. The Kier molecular flexibility index (Phi) is 2.90. The second kappa shape index (κ2) is 4.73. The lowest BCUT2D eigenvalue weighted by Crippen LogP contribution is -1.98. The zero-order valence-electron chi connectivity index (χ0n) is 11.1. The van der Waals surface area contributed by atoms with Crippen LogP contribution in [0.4, 0.5) is 11.5 Å². The molecule has 2 N–H and O–H groups in total. The molecule has 6 heteroatoms. The summed E-state index contributed by atoms with van der Waals surface area (Å²) in [5.74, 6) is 0.636. The fourth-order valence-corrected chi connectivity index (χ4v) is 2.00. The van der Waals surface area contributed by atoms with Gasteiger partial charge in [0.2, 0.25) is 0 Å². The number of benzene rings is 1. The number of anilines is 2. The predicted molar refractivity (Wildman–Crippen MR) is 76.1 cm³/mol. The van der Waals surface area contributed by atoms with E-state index >= 15 is 0 Å². The summed E-state index contributed by atoms with van der Waals surface area (Å²) in [5, 5.41) is 10.2. The number of carbonyl (C=O) groups is 1. The van der Waals surface area contributed by atoms with E-state index in [1.165, 1.54) is 6.33 Å². The highest BCUT2D eigenvalue weighted by Gasteiger charge is 2.09. The number of fused-ring (bicyclic) bond motifs is 1. The summed E-state index contributed by atoms with van der Waals surface area (Å²) in [6, 6.07) is 7.27. The second-order valence-electron chi connectivity index (χ2n) is 4.53. The molecule has 0 bridgehead atoms. The Morgan fingerprint density at radius 2 is 2.10 bits per heavy atom. The van der Waals surface area contributed by atoms with Gasteiger partial charge in [-0.2, -0.15) is 5.10 Å². The Morgan fingerprint density at radius 1 is 1.25 bits per heavy atom. The van der Waals surface area contributed by atoms with Crippen molar-refractivity contribution in [1.82, 2.24) is 20.2 Å². The normalized spacial score (nSPS) is 10.7. The Balaban J connectivity index is 2.01. The van der Waals surface area contributed by atoms with Gasteiger partial charge in [0.05, 0.1) is 5.69 Å². The van der Waals surface area contributed by atoms with Gasteiger partial charge < -0.3 is 5.32 Å². The first kappa shape index (κ1) is 12.3. The van der Waals surface area contributed by atoms with Gasteiger partial charge in [0.1, 0.15) is 11.8 Å². The molecule has 0 spiro atoms. The third kappa shape index (κ3) is 2.11. The molecule has 2 aromatic heterocycles. The summed E-state index contributed by atoms with van der Waals surface area (Å²) >= 11 is 0. The maximum Gasteiger partial charge on any atom is 0.162 e. The minimum absolute atomic E-state index is 0.0251. The molecule has 0 amide bonds. The number of nitrogens with zero attached hydrogens (tertiary/aromatic N) is 3. The Hall–Kier alpha value is -2.76. The first-order valence-corrected chi connectivity index (χ1v) is 6.19. The van der Waals surface area contributed by atoms with Crippen LogP contribution in [0.5, 0.6) is 0 Å². The van der Waals surface area contributed by atoms with Gasteiger partial charge in [-0.3, -0.25) is 9.89 Å². The maximum atomic E-state index is 11.4. The van der Waals surface area contributed by atoms with Crippen molar-refractivity contribution in [2.24, 2.45) is 0 Å². The molecule has 0 aliphatic heterocycles. The zero-order valence-corrected chi connectivity index (χ0v) is 11.1. The summed E-state index contributed by atoms with van der Waals surface area (Å²) in [7, 11) is 0. The van der Waals surface area contributed by atoms with E-state index in [-0.39, 0.29) is 5.78 Å². The highest BCUT2D eigenvalue weighted by atomic mass is 16.1. The molecule has 0 fully saturated rings. The van der Waals surface area contributed by atoms with Crippen molar-refractivity contribution in [2.45, 2.75) is 13.8 Å². The molecule has 0 aliphatic rings. The molecule has 1 aromatic carbocycles. The van der Waals surface area contributed by atoms with Crippen LogP contribution in [0.1, 0.15) is 23.0 Å². The van der Waals surface area contributed by atoms with E-state index in [2.05, 4.69) is 25.5 Å². The van der Waals surface area contributed by atoms with Gasteiger partial charge in [-0.05, 0) is 26.0 Å². The number of hydrogen-bond acceptors (Lipinski definition) is 5. The first-order valence-electron chi connectivity index (χ1n) is 6.19. The number of H-pyrrole nitrogens is 1. The molecular formula is C14H13N5O. The minimum atomic E-state index is 0.0251. The van der Waals surface area contributed by atoms with Crippen LogP contribution in [0.25, 0.3) is 11.0 Å².